The van der Waals surface area contributed by atoms with Gasteiger partial charge in [-0.1, -0.05) is 30.3 Å². The number of nitrogens with zero attached hydrogens (tertiary/aromatic N) is 1. The highest BCUT2D eigenvalue weighted by Crippen LogP contribution is 2.20. The molecule has 0 aliphatic rings. The van der Waals surface area contributed by atoms with Crippen LogP contribution < -0.4 is 5.73 Å². The van der Waals surface area contributed by atoms with Gasteiger partial charge in [-0.25, -0.2) is 0 Å². The highest BCUT2D eigenvalue weighted by molar-refractivity contribution is 5.63. The van der Waals surface area contributed by atoms with E-state index in [1.807, 2.05) is 36.4 Å². The van der Waals surface area contributed by atoms with E-state index in [4.69, 9.17) is 5.73 Å². The molecule has 0 unspecified atom stereocenters. The first-order valence-electron chi connectivity index (χ1n) is 4.52. The van der Waals surface area contributed by atoms with E-state index in [1.165, 1.54) is 0 Å². The third-order valence-corrected chi connectivity index (χ3v) is 2.13. The number of pyridine rings is 1. The lowest BCUT2D eigenvalue weighted by Crippen LogP contribution is -1.99. The van der Waals surface area contributed by atoms with Crippen LogP contribution in [0.3, 0.4) is 0 Å². The van der Waals surface area contributed by atoms with Crippen LogP contribution in [0.5, 0.6) is 0 Å². The maximum absolute atomic E-state index is 5.65. The molecule has 0 aliphatic carbocycles. The van der Waals surface area contributed by atoms with Gasteiger partial charge in [0, 0.05) is 24.4 Å². The van der Waals surface area contributed by atoms with E-state index in [0.29, 0.717) is 6.54 Å². The number of hydrogen-bond acceptors (Lipinski definition) is 2. The molecule has 2 heteroatoms. The average molecular weight is 183 g/mol. The Balaban J connectivity index is 2.51. The molecule has 1 aromatic heterocycles. The fourth-order valence-electron chi connectivity index (χ4n) is 1.43. The molecule has 1 aromatic carbocycles. The zero-order chi connectivity index (χ0) is 9.80. The fraction of sp³-hybridized carbons (Fsp3) is 0.0833. The molecule has 0 saturated heterocycles. The van der Waals surface area contributed by atoms with Gasteiger partial charge in [-0.3, -0.25) is 4.98 Å². The predicted octanol–water partition coefficient (Wildman–Crippen LogP) is 2.01. The Morgan fingerprint density at radius 1 is 1.21 bits per heavy atom. The molecule has 0 amide bonds. The van der Waals surface area contributed by atoms with Gasteiger partial charge >= 0.3 is 0 Å². The Hall–Kier alpha value is -1.67. The first kappa shape index (κ1) is 8.91. The molecule has 2 aromatic rings. The topological polar surface area (TPSA) is 38.9 Å². The predicted molar refractivity (Wildman–Crippen MR) is 56.4 cm³/mol. The molecule has 14 heavy (non-hydrogen) atoms. The molecule has 2 rings (SSSR count). The molecule has 0 atom stereocenters. The Morgan fingerprint density at radius 2 is 2.07 bits per heavy atom. The Bertz CT molecular complexity index is 410. The van der Waals surface area contributed by atoms with Crippen molar-refractivity contribution >= 4 is 0 Å². The van der Waals surface area contributed by atoms with Crippen molar-refractivity contribution in [1.29, 1.82) is 0 Å². The minimum atomic E-state index is 0.538. The summed E-state index contributed by atoms with van der Waals surface area (Å²) in [6.45, 7) is 0.538. The van der Waals surface area contributed by atoms with Gasteiger partial charge in [0.1, 0.15) is 0 Å². The molecule has 1 radical (unpaired) electrons. The summed E-state index contributed by atoms with van der Waals surface area (Å²) in [5.41, 5.74) is 8.82. The van der Waals surface area contributed by atoms with Crippen LogP contribution in [0.25, 0.3) is 11.3 Å². The van der Waals surface area contributed by atoms with Crippen molar-refractivity contribution in [3.8, 4) is 11.3 Å². The van der Waals surface area contributed by atoms with Crippen molar-refractivity contribution in [2.45, 2.75) is 6.54 Å². The molecule has 2 nitrogen and oxygen atoms in total. The average Bonchev–Trinajstić information content (AvgIpc) is 2.30. The second-order valence-corrected chi connectivity index (χ2v) is 3.00. The number of aromatic nitrogens is 1. The van der Waals surface area contributed by atoms with Crippen LogP contribution in [0.15, 0.2) is 42.6 Å². The Kier molecular flexibility index (Phi) is 2.56. The number of nitrogens with two attached hydrogens (primary N) is 1. The van der Waals surface area contributed by atoms with Crippen LogP contribution in [-0.4, -0.2) is 4.98 Å². The van der Waals surface area contributed by atoms with Gasteiger partial charge in [0.2, 0.25) is 0 Å². The van der Waals surface area contributed by atoms with Gasteiger partial charge in [-0.15, -0.1) is 0 Å². The Morgan fingerprint density at radius 3 is 2.79 bits per heavy atom. The summed E-state index contributed by atoms with van der Waals surface area (Å²) in [4.78, 5) is 4.25. The first-order chi connectivity index (χ1) is 6.92. The molecule has 2 N–H and O–H groups in total. The van der Waals surface area contributed by atoms with E-state index >= 15 is 0 Å². The molecule has 0 aliphatic heterocycles. The molecule has 1 heterocycles. The van der Waals surface area contributed by atoms with Crippen LogP contribution in [0.4, 0.5) is 0 Å². The standard InChI is InChI=1S/C12H11N2/c13-9-10-5-1-2-6-11(10)12-7-3-4-8-14-12/h1-3,5-8H,9,13H2. The molecular formula is C12H11N2. The second kappa shape index (κ2) is 4.03. The zero-order valence-electron chi connectivity index (χ0n) is 7.77. The summed E-state index contributed by atoms with van der Waals surface area (Å²) >= 11 is 0. The fourth-order valence-corrected chi connectivity index (χ4v) is 1.43. The first-order valence-corrected chi connectivity index (χ1v) is 4.52. The molecule has 0 fully saturated rings. The van der Waals surface area contributed by atoms with E-state index in [0.717, 1.165) is 16.8 Å². The lowest BCUT2D eigenvalue weighted by atomic mass is 10.0. The largest absolute Gasteiger partial charge is 0.326 e. The highest BCUT2D eigenvalue weighted by Gasteiger charge is 2.02. The SMILES string of the molecule is NCc1ccccc1-c1cc[c]cn1. The molecule has 69 valence electrons. The summed E-state index contributed by atoms with van der Waals surface area (Å²) in [5.74, 6) is 0. The Labute approximate surface area is 83.4 Å². The number of hydrogen-bond donors (Lipinski definition) is 1. The van der Waals surface area contributed by atoms with Gasteiger partial charge in [0.05, 0.1) is 5.69 Å². The maximum Gasteiger partial charge on any atom is 0.0705 e. The van der Waals surface area contributed by atoms with E-state index in [-0.39, 0.29) is 0 Å². The van der Waals surface area contributed by atoms with Gasteiger partial charge in [0.15, 0.2) is 0 Å². The number of benzene rings is 1. The summed E-state index contributed by atoms with van der Waals surface area (Å²) in [5, 5.41) is 0. The monoisotopic (exact) mass is 183 g/mol. The minimum Gasteiger partial charge on any atom is -0.326 e. The zero-order valence-corrected chi connectivity index (χ0v) is 7.77. The van der Waals surface area contributed by atoms with E-state index in [1.54, 1.807) is 6.20 Å². The maximum atomic E-state index is 5.65. The van der Waals surface area contributed by atoms with E-state index in [9.17, 15) is 0 Å². The third kappa shape index (κ3) is 1.65. The summed E-state index contributed by atoms with van der Waals surface area (Å²) in [7, 11) is 0. The van der Waals surface area contributed by atoms with Gasteiger partial charge in [-0.05, 0) is 11.6 Å². The van der Waals surface area contributed by atoms with Crippen molar-refractivity contribution in [1.82, 2.24) is 4.98 Å². The lowest BCUT2D eigenvalue weighted by Gasteiger charge is -2.05. The number of rotatable bonds is 2. The van der Waals surface area contributed by atoms with E-state index < -0.39 is 0 Å². The van der Waals surface area contributed by atoms with Crippen LogP contribution in [0, 0.1) is 6.07 Å². The van der Waals surface area contributed by atoms with Crippen molar-refractivity contribution in [3.63, 3.8) is 0 Å². The van der Waals surface area contributed by atoms with Crippen LogP contribution in [0.1, 0.15) is 5.56 Å². The van der Waals surface area contributed by atoms with Crippen molar-refractivity contribution in [2.24, 2.45) is 5.73 Å². The summed E-state index contributed by atoms with van der Waals surface area (Å²) in [6, 6.07) is 14.7. The minimum absolute atomic E-state index is 0.538. The van der Waals surface area contributed by atoms with Gasteiger partial charge in [-0.2, -0.15) is 0 Å². The normalized spacial score (nSPS) is 10.1. The van der Waals surface area contributed by atoms with E-state index in [2.05, 4.69) is 11.1 Å². The molecule has 0 spiro atoms. The second-order valence-electron chi connectivity index (χ2n) is 3.00. The lowest BCUT2D eigenvalue weighted by molar-refractivity contribution is 1.07. The summed E-state index contributed by atoms with van der Waals surface area (Å²) < 4.78 is 0. The molecule has 0 saturated carbocycles. The smallest absolute Gasteiger partial charge is 0.0705 e. The van der Waals surface area contributed by atoms with Crippen LogP contribution >= 0.6 is 0 Å². The highest BCUT2D eigenvalue weighted by atomic mass is 14.7. The van der Waals surface area contributed by atoms with Crippen LogP contribution in [0.2, 0.25) is 0 Å². The van der Waals surface area contributed by atoms with Crippen LogP contribution in [-0.2, 0) is 6.54 Å². The van der Waals surface area contributed by atoms with Gasteiger partial charge < -0.3 is 5.73 Å². The summed E-state index contributed by atoms with van der Waals surface area (Å²) in [6.07, 6.45) is 1.67. The quantitative estimate of drug-likeness (QED) is 0.773. The molecule has 0 bridgehead atoms. The van der Waals surface area contributed by atoms with Gasteiger partial charge in [0.25, 0.3) is 0 Å². The van der Waals surface area contributed by atoms with Crippen molar-refractivity contribution in [3.05, 3.63) is 54.2 Å². The molecular weight excluding hydrogens is 172 g/mol. The van der Waals surface area contributed by atoms with Crippen molar-refractivity contribution in [2.75, 3.05) is 0 Å². The van der Waals surface area contributed by atoms with Crippen molar-refractivity contribution < 1.29 is 0 Å². The third-order valence-electron chi connectivity index (χ3n) is 2.13.